The van der Waals surface area contributed by atoms with E-state index in [4.69, 9.17) is 28.9 Å². The minimum atomic E-state index is -0.930. The lowest BCUT2D eigenvalue weighted by Gasteiger charge is -2.37. The summed E-state index contributed by atoms with van der Waals surface area (Å²) in [5, 5.41) is 23.0. The lowest BCUT2D eigenvalue weighted by atomic mass is 9.86. The van der Waals surface area contributed by atoms with Crippen molar-refractivity contribution >= 4 is 23.2 Å². The third-order valence-corrected chi connectivity index (χ3v) is 5.59. The van der Waals surface area contributed by atoms with E-state index in [-0.39, 0.29) is 17.1 Å². The molecule has 2 N–H and O–H groups in total. The second kappa shape index (κ2) is 9.25. The molecule has 0 radical (unpaired) electrons. The van der Waals surface area contributed by atoms with Crippen molar-refractivity contribution in [2.75, 3.05) is 13.6 Å². The van der Waals surface area contributed by atoms with Gasteiger partial charge in [-0.3, -0.25) is 10.1 Å². The van der Waals surface area contributed by atoms with Crippen LogP contribution in [0.3, 0.4) is 0 Å². The number of benzene rings is 1. The van der Waals surface area contributed by atoms with Gasteiger partial charge in [0.2, 0.25) is 0 Å². The Kier molecular flexibility index (Phi) is 6.68. The molecule has 0 amide bonds. The molecule has 1 aliphatic rings. The van der Waals surface area contributed by atoms with Crippen LogP contribution in [0.25, 0.3) is 0 Å². The zero-order valence-electron chi connectivity index (χ0n) is 16.9. The Labute approximate surface area is 189 Å². The van der Waals surface area contributed by atoms with Crippen LogP contribution < -0.4 is 5.73 Å². The molecule has 2 aromatic rings. The molecular formula is C21H20Cl2N6O2. The monoisotopic (exact) mass is 458 g/mol. The van der Waals surface area contributed by atoms with Gasteiger partial charge in [0.1, 0.15) is 16.9 Å². The van der Waals surface area contributed by atoms with Crippen LogP contribution in [-0.2, 0) is 6.54 Å². The van der Waals surface area contributed by atoms with E-state index in [1.165, 1.54) is 4.90 Å². The number of aromatic nitrogens is 1. The highest BCUT2D eigenvalue weighted by Crippen LogP contribution is 2.41. The first-order valence-electron chi connectivity index (χ1n) is 9.41. The average Bonchev–Trinajstić information content (AvgIpc) is 2.75. The van der Waals surface area contributed by atoms with Crippen LogP contribution in [0.4, 0.5) is 0 Å². The van der Waals surface area contributed by atoms with Crippen molar-refractivity contribution in [3.8, 4) is 6.07 Å². The largest absolute Gasteiger partial charge is 0.384 e. The van der Waals surface area contributed by atoms with Gasteiger partial charge >= 0.3 is 0 Å². The molecule has 0 saturated heterocycles. The third kappa shape index (κ3) is 4.43. The van der Waals surface area contributed by atoms with E-state index in [1.807, 2.05) is 17.9 Å². The molecule has 2 heterocycles. The average molecular weight is 459 g/mol. The summed E-state index contributed by atoms with van der Waals surface area (Å²) in [7, 11) is 1.62. The maximum absolute atomic E-state index is 12.3. The zero-order chi connectivity index (χ0) is 22.7. The molecule has 1 atom stereocenters. The first-order chi connectivity index (χ1) is 14.8. The van der Waals surface area contributed by atoms with E-state index < -0.39 is 10.8 Å². The molecule has 1 aromatic heterocycles. The topological polar surface area (TPSA) is 112 Å². The van der Waals surface area contributed by atoms with Gasteiger partial charge in [-0.1, -0.05) is 41.4 Å². The van der Waals surface area contributed by atoms with Crippen molar-refractivity contribution in [1.82, 2.24) is 14.8 Å². The van der Waals surface area contributed by atoms with Gasteiger partial charge in [0, 0.05) is 31.4 Å². The minimum absolute atomic E-state index is 0.115. The molecule has 31 heavy (non-hydrogen) atoms. The number of hydrogen-bond donors (Lipinski definition) is 1. The van der Waals surface area contributed by atoms with Gasteiger partial charge in [-0.25, -0.2) is 4.98 Å². The summed E-state index contributed by atoms with van der Waals surface area (Å²) in [4.78, 5) is 19.3. The predicted octanol–water partition coefficient (Wildman–Crippen LogP) is 4.08. The van der Waals surface area contributed by atoms with E-state index in [9.17, 15) is 15.4 Å². The first kappa shape index (κ1) is 22.4. The van der Waals surface area contributed by atoms with Gasteiger partial charge in [0.05, 0.1) is 16.6 Å². The van der Waals surface area contributed by atoms with Gasteiger partial charge in [-0.2, -0.15) is 5.26 Å². The summed E-state index contributed by atoms with van der Waals surface area (Å²) >= 11 is 11.9. The zero-order valence-corrected chi connectivity index (χ0v) is 18.4. The Morgan fingerprint density at radius 2 is 1.97 bits per heavy atom. The van der Waals surface area contributed by atoms with Crippen LogP contribution >= 0.6 is 23.2 Å². The standard InChI is InChI=1S/C21H20Cl2N6O2/c1-3-28(12-13-4-9-17(23)26-11-13)21-19(29(30)31)18(14-5-7-15(22)8-6-14)16(10-24)20(25)27(21)2/h4-9,11,18H,3,12,25H2,1-2H3. The highest BCUT2D eigenvalue weighted by atomic mass is 35.5. The number of hydrogen-bond acceptors (Lipinski definition) is 7. The molecule has 1 aromatic carbocycles. The summed E-state index contributed by atoms with van der Waals surface area (Å²) in [6.07, 6.45) is 1.62. The van der Waals surface area contributed by atoms with Crippen LogP contribution in [0.5, 0.6) is 0 Å². The highest BCUT2D eigenvalue weighted by molar-refractivity contribution is 6.30. The molecule has 0 spiro atoms. The van der Waals surface area contributed by atoms with E-state index in [1.54, 1.807) is 43.6 Å². The van der Waals surface area contributed by atoms with Gasteiger partial charge < -0.3 is 15.5 Å². The molecule has 3 rings (SSSR count). The summed E-state index contributed by atoms with van der Waals surface area (Å²) in [6.45, 7) is 2.70. The highest BCUT2D eigenvalue weighted by Gasteiger charge is 2.43. The van der Waals surface area contributed by atoms with Crippen molar-refractivity contribution in [3.05, 3.63) is 96.9 Å². The summed E-state index contributed by atoms with van der Waals surface area (Å²) in [6, 6.07) is 12.1. The van der Waals surface area contributed by atoms with Gasteiger partial charge in [-0.05, 0) is 36.2 Å². The first-order valence-corrected chi connectivity index (χ1v) is 10.2. The Morgan fingerprint density at radius 3 is 2.48 bits per heavy atom. The number of nitriles is 1. The number of nitrogens with zero attached hydrogens (tertiary/aromatic N) is 5. The fraction of sp³-hybridized carbons (Fsp3) is 0.238. The lowest BCUT2D eigenvalue weighted by Crippen LogP contribution is -2.42. The van der Waals surface area contributed by atoms with E-state index in [0.717, 1.165) is 5.56 Å². The van der Waals surface area contributed by atoms with Gasteiger partial charge in [0.15, 0.2) is 5.82 Å². The van der Waals surface area contributed by atoms with Crippen LogP contribution in [0.15, 0.2) is 65.5 Å². The Bertz CT molecular complexity index is 1090. The second-order valence-electron chi connectivity index (χ2n) is 6.92. The van der Waals surface area contributed by atoms with E-state index >= 15 is 0 Å². The molecule has 0 bridgehead atoms. The Balaban J connectivity index is 2.18. The number of allylic oxidation sites excluding steroid dienone is 1. The quantitative estimate of drug-likeness (QED) is 0.394. The van der Waals surface area contributed by atoms with Crippen LogP contribution in [-0.4, -0.2) is 33.3 Å². The number of pyridine rings is 1. The summed E-state index contributed by atoms with van der Waals surface area (Å²) in [5.74, 6) is -0.449. The molecule has 160 valence electrons. The molecule has 0 saturated carbocycles. The maximum atomic E-state index is 12.3. The van der Waals surface area contributed by atoms with Crippen LogP contribution in [0.1, 0.15) is 24.0 Å². The van der Waals surface area contributed by atoms with Crippen molar-refractivity contribution < 1.29 is 4.92 Å². The molecule has 0 fully saturated rings. The van der Waals surface area contributed by atoms with Gasteiger partial charge in [0.25, 0.3) is 5.70 Å². The van der Waals surface area contributed by atoms with E-state index in [2.05, 4.69) is 11.1 Å². The van der Waals surface area contributed by atoms with E-state index in [0.29, 0.717) is 34.6 Å². The normalized spacial score (nSPS) is 16.4. The predicted molar refractivity (Wildman–Crippen MR) is 118 cm³/mol. The van der Waals surface area contributed by atoms with Crippen LogP contribution in [0, 0.1) is 21.4 Å². The second-order valence-corrected chi connectivity index (χ2v) is 7.75. The van der Waals surface area contributed by atoms with Crippen molar-refractivity contribution in [2.45, 2.75) is 19.4 Å². The maximum Gasteiger partial charge on any atom is 0.299 e. The number of nitrogens with two attached hydrogens (primary N) is 1. The minimum Gasteiger partial charge on any atom is -0.384 e. The summed E-state index contributed by atoms with van der Waals surface area (Å²) in [5.41, 5.74) is 7.67. The molecule has 1 unspecified atom stereocenters. The van der Waals surface area contributed by atoms with Crippen molar-refractivity contribution in [2.24, 2.45) is 5.73 Å². The lowest BCUT2D eigenvalue weighted by molar-refractivity contribution is -0.433. The number of halogens is 2. The molecule has 10 heteroatoms. The Morgan fingerprint density at radius 1 is 1.29 bits per heavy atom. The Hall–Kier alpha value is -3.28. The molecular weight excluding hydrogens is 439 g/mol. The van der Waals surface area contributed by atoms with Crippen molar-refractivity contribution in [1.29, 1.82) is 5.26 Å². The van der Waals surface area contributed by atoms with Crippen molar-refractivity contribution in [3.63, 3.8) is 0 Å². The number of nitro groups is 1. The molecule has 8 nitrogen and oxygen atoms in total. The third-order valence-electron chi connectivity index (χ3n) is 5.11. The fourth-order valence-electron chi connectivity index (χ4n) is 3.60. The smallest absolute Gasteiger partial charge is 0.299 e. The SMILES string of the molecule is CCN(Cc1ccc(Cl)nc1)C1=C([N+](=O)[O-])C(c2ccc(Cl)cc2)C(C#N)=C(N)N1C. The molecule has 0 aliphatic carbocycles. The summed E-state index contributed by atoms with van der Waals surface area (Å²) < 4.78 is 0. The van der Waals surface area contributed by atoms with Crippen LogP contribution in [0.2, 0.25) is 10.2 Å². The molecule has 1 aliphatic heterocycles. The number of rotatable bonds is 6. The fourth-order valence-corrected chi connectivity index (χ4v) is 3.84. The van der Waals surface area contributed by atoms with Gasteiger partial charge in [-0.15, -0.1) is 0 Å².